The zero-order valence-electron chi connectivity index (χ0n) is 12.4. The van der Waals surface area contributed by atoms with E-state index in [4.69, 9.17) is 9.47 Å². The average molecular weight is 284 g/mol. The summed E-state index contributed by atoms with van der Waals surface area (Å²) in [6.45, 7) is 2.59. The summed E-state index contributed by atoms with van der Waals surface area (Å²) >= 11 is 0. The van der Waals surface area contributed by atoms with Crippen LogP contribution in [0.2, 0.25) is 0 Å². The first-order valence-corrected chi connectivity index (χ1v) is 7.07. The van der Waals surface area contributed by atoms with Crippen LogP contribution in [-0.2, 0) is 11.2 Å². The summed E-state index contributed by atoms with van der Waals surface area (Å²) in [7, 11) is 1.63. The fraction of sp³-hybridized carbons (Fsp3) is 0.278. The van der Waals surface area contributed by atoms with Crippen LogP contribution in [-0.4, -0.2) is 20.0 Å². The molecule has 0 saturated carbocycles. The zero-order valence-corrected chi connectivity index (χ0v) is 12.4. The van der Waals surface area contributed by atoms with Gasteiger partial charge in [-0.25, -0.2) is 0 Å². The summed E-state index contributed by atoms with van der Waals surface area (Å²) in [6, 6.07) is 15.5. The molecule has 2 aromatic rings. The lowest BCUT2D eigenvalue weighted by Crippen LogP contribution is -2.05. The Labute approximate surface area is 125 Å². The Balaban J connectivity index is 2.18. The van der Waals surface area contributed by atoms with Crippen molar-refractivity contribution >= 4 is 6.29 Å². The SMILES string of the molecule is CCOc1cccc(CC(C=O)c2cccc(OC)c2)c1. The first-order valence-electron chi connectivity index (χ1n) is 7.07. The molecule has 0 spiro atoms. The molecule has 0 aromatic heterocycles. The molecule has 2 rings (SSSR count). The predicted octanol–water partition coefficient (Wildman–Crippen LogP) is 3.62. The predicted molar refractivity (Wildman–Crippen MR) is 83.1 cm³/mol. The molecule has 2 aromatic carbocycles. The topological polar surface area (TPSA) is 35.5 Å². The van der Waals surface area contributed by atoms with E-state index in [9.17, 15) is 4.79 Å². The van der Waals surface area contributed by atoms with Gasteiger partial charge in [-0.2, -0.15) is 0 Å². The van der Waals surface area contributed by atoms with Crippen LogP contribution in [0.15, 0.2) is 48.5 Å². The third-order valence-corrected chi connectivity index (χ3v) is 3.35. The van der Waals surface area contributed by atoms with Crippen molar-refractivity contribution in [1.82, 2.24) is 0 Å². The van der Waals surface area contributed by atoms with Gasteiger partial charge < -0.3 is 14.3 Å². The molecule has 0 bridgehead atoms. The van der Waals surface area contributed by atoms with Gasteiger partial charge in [-0.05, 0) is 48.7 Å². The molecule has 0 radical (unpaired) electrons. The maximum absolute atomic E-state index is 11.4. The number of methoxy groups -OCH3 is 1. The van der Waals surface area contributed by atoms with E-state index in [0.717, 1.165) is 28.9 Å². The quantitative estimate of drug-likeness (QED) is 0.728. The fourth-order valence-corrected chi connectivity index (χ4v) is 2.30. The molecule has 0 amide bonds. The summed E-state index contributed by atoms with van der Waals surface area (Å²) in [5.41, 5.74) is 2.05. The minimum absolute atomic E-state index is 0.183. The summed E-state index contributed by atoms with van der Waals surface area (Å²) < 4.78 is 10.7. The summed E-state index contributed by atoms with van der Waals surface area (Å²) in [4.78, 5) is 11.4. The van der Waals surface area contributed by atoms with Crippen LogP contribution in [0.3, 0.4) is 0 Å². The number of hydrogen-bond donors (Lipinski definition) is 0. The standard InChI is InChI=1S/C18H20O3/c1-3-21-18-9-4-6-14(11-18)10-16(13-19)15-7-5-8-17(12-15)20-2/h4-9,11-13,16H,3,10H2,1-2H3. The van der Waals surface area contributed by atoms with Gasteiger partial charge in [0.2, 0.25) is 0 Å². The van der Waals surface area contributed by atoms with E-state index in [1.165, 1.54) is 0 Å². The highest BCUT2D eigenvalue weighted by atomic mass is 16.5. The van der Waals surface area contributed by atoms with Crippen LogP contribution < -0.4 is 9.47 Å². The van der Waals surface area contributed by atoms with Gasteiger partial charge in [0, 0.05) is 5.92 Å². The van der Waals surface area contributed by atoms with Crippen molar-refractivity contribution in [3.8, 4) is 11.5 Å². The van der Waals surface area contributed by atoms with E-state index < -0.39 is 0 Å². The molecule has 0 aliphatic carbocycles. The second-order valence-electron chi connectivity index (χ2n) is 4.80. The minimum Gasteiger partial charge on any atom is -0.497 e. The summed E-state index contributed by atoms with van der Waals surface area (Å²) in [5.74, 6) is 1.42. The second-order valence-corrected chi connectivity index (χ2v) is 4.80. The van der Waals surface area contributed by atoms with Crippen molar-refractivity contribution in [2.45, 2.75) is 19.3 Å². The molecule has 0 saturated heterocycles. The van der Waals surface area contributed by atoms with Gasteiger partial charge in [-0.15, -0.1) is 0 Å². The molecule has 0 aliphatic rings. The number of carbonyl (C=O) groups is 1. The Hall–Kier alpha value is -2.29. The maximum atomic E-state index is 11.4. The van der Waals surface area contributed by atoms with E-state index in [2.05, 4.69) is 0 Å². The Kier molecular flexibility index (Phi) is 5.38. The third-order valence-electron chi connectivity index (χ3n) is 3.35. The van der Waals surface area contributed by atoms with Gasteiger partial charge in [0.15, 0.2) is 0 Å². The molecule has 1 unspecified atom stereocenters. The molecule has 0 heterocycles. The lowest BCUT2D eigenvalue weighted by atomic mass is 9.93. The van der Waals surface area contributed by atoms with Crippen LogP contribution in [0.25, 0.3) is 0 Å². The molecule has 0 fully saturated rings. The Morgan fingerprint density at radius 1 is 1.10 bits per heavy atom. The molecule has 1 atom stereocenters. The number of benzene rings is 2. The van der Waals surface area contributed by atoms with Crippen LogP contribution in [0, 0.1) is 0 Å². The highest BCUT2D eigenvalue weighted by molar-refractivity contribution is 5.63. The molecule has 0 N–H and O–H groups in total. The lowest BCUT2D eigenvalue weighted by Gasteiger charge is -2.13. The molecular formula is C18H20O3. The monoisotopic (exact) mass is 284 g/mol. The van der Waals surface area contributed by atoms with Gasteiger partial charge in [-0.3, -0.25) is 0 Å². The second kappa shape index (κ2) is 7.48. The van der Waals surface area contributed by atoms with Crippen molar-refractivity contribution in [1.29, 1.82) is 0 Å². The van der Waals surface area contributed by atoms with E-state index in [1.54, 1.807) is 7.11 Å². The van der Waals surface area contributed by atoms with Crippen molar-refractivity contribution in [2.75, 3.05) is 13.7 Å². The minimum atomic E-state index is -0.183. The van der Waals surface area contributed by atoms with Gasteiger partial charge in [-0.1, -0.05) is 24.3 Å². The Morgan fingerprint density at radius 2 is 1.86 bits per heavy atom. The summed E-state index contributed by atoms with van der Waals surface area (Å²) in [5, 5.41) is 0. The van der Waals surface area contributed by atoms with Gasteiger partial charge >= 0.3 is 0 Å². The first-order chi connectivity index (χ1) is 10.3. The number of carbonyl (C=O) groups excluding carboxylic acids is 1. The molecule has 110 valence electrons. The van der Waals surface area contributed by atoms with Crippen molar-refractivity contribution in [3.63, 3.8) is 0 Å². The van der Waals surface area contributed by atoms with E-state index in [1.807, 2.05) is 55.5 Å². The smallest absolute Gasteiger partial charge is 0.127 e. The van der Waals surface area contributed by atoms with Crippen LogP contribution in [0.4, 0.5) is 0 Å². The van der Waals surface area contributed by atoms with Crippen molar-refractivity contribution < 1.29 is 14.3 Å². The van der Waals surface area contributed by atoms with E-state index >= 15 is 0 Å². The Bertz CT molecular complexity index is 593. The average Bonchev–Trinajstić information content (AvgIpc) is 2.53. The van der Waals surface area contributed by atoms with Crippen molar-refractivity contribution in [2.24, 2.45) is 0 Å². The van der Waals surface area contributed by atoms with Gasteiger partial charge in [0.05, 0.1) is 13.7 Å². The molecule has 3 nitrogen and oxygen atoms in total. The summed E-state index contributed by atoms with van der Waals surface area (Å²) in [6.07, 6.45) is 1.64. The van der Waals surface area contributed by atoms with E-state index in [-0.39, 0.29) is 5.92 Å². The molecule has 21 heavy (non-hydrogen) atoms. The fourth-order valence-electron chi connectivity index (χ4n) is 2.30. The van der Waals surface area contributed by atoms with Crippen molar-refractivity contribution in [3.05, 3.63) is 59.7 Å². The number of hydrogen-bond acceptors (Lipinski definition) is 3. The van der Waals surface area contributed by atoms with E-state index in [0.29, 0.717) is 13.0 Å². The zero-order chi connectivity index (χ0) is 15.1. The normalized spacial score (nSPS) is 11.7. The first kappa shape index (κ1) is 15.1. The number of rotatable bonds is 7. The van der Waals surface area contributed by atoms with Crippen LogP contribution in [0.1, 0.15) is 24.0 Å². The van der Waals surface area contributed by atoms with Crippen LogP contribution in [0.5, 0.6) is 11.5 Å². The van der Waals surface area contributed by atoms with Crippen LogP contribution >= 0.6 is 0 Å². The number of aldehydes is 1. The lowest BCUT2D eigenvalue weighted by molar-refractivity contribution is -0.109. The maximum Gasteiger partial charge on any atom is 0.127 e. The van der Waals surface area contributed by atoms with Gasteiger partial charge in [0.25, 0.3) is 0 Å². The third kappa shape index (κ3) is 4.09. The van der Waals surface area contributed by atoms with Gasteiger partial charge in [0.1, 0.15) is 17.8 Å². The molecule has 3 heteroatoms. The highest BCUT2D eigenvalue weighted by Crippen LogP contribution is 2.24. The molecular weight excluding hydrogens is 264 g/mol. The molecule has 0 aliphatic heterocycles. The largest absolute Gasteiger partial charge is 0.497 e. The highest BCUT2D eigenvalue weighted by Gasteiger charge is 2.12. The Morgan fingerprint density at radius 3 is 2.57 bits per heavy atom. The number of ether oxygens (including phenoxy) is 2.